The number of nitrogens with one attached hydrogen (secondary N) is 3. The molecular formula is C20H39N5O6. The molecule has 0 spiro atoms. The lowest BCUT2D eigenvalue weighted by atomic mass is 9.96. The van der Waals surface area contributed by atoms with Crippen molar-refractivity contribution in [1.29, 1.82) is 0 Å². The highest BCUT2D eigenvalue weighted by Gasteiger charge is 2.33. The summed E-state index contributed by atoms with van der Waals surface area (Å²) in [5.41, 5.74) is 11.4. The van der Waals surface area contributed by atoms with Gasteiger partial charge in [-0.25, -0.2) is 4.79 Å². The van der Waals surface area contributed by atoms with Crippen LogP contribution in [0.5, 0.6) is 0 Å². The van der Waals surface area contributed by atoms with Crippen molar-refractivity contribution < 1.29 is 29.4 Å². The Hall–Kier alpha value is -2.24. The van der Waals surface area contributed by atoms with Gasteiger partial charge in [0.1, 0.15) is 18.1 Å². The normalized spacial score (nSPS) is 16.0. The van der Waals surface area contributed by atoms with Crippen molar-refractivity contribution in [3.8, 4) is 0 Å². The Kier molecular flexibility index (Phi) is 13.6. The molecule has 0 aliphatic rings. The fourth-order valence-corrected chi connectivity index (χ4v) is 2.83. The van der Waals surface area contributed by atoms with Gasteiger partial charge in [0.05, 0.1) is 12.6 Å². The van der Waals surface area contributed by atoms with Crippen LogP contribution in [0.2, 0.25) is 0 Å². The smallest absolute Gasteiger partial charge is 0.328 e. The number of carbonyl (C=O) groups is 4. The number of hydrogen-bond donors (Lipinski definition) is 7. The van der Waals surface area contributed by atoms with Gasteiger partial charge >= 0.3 is 5.97 Å². The maximum atomic E-state index is 12.9. The maximum Gasteiger partial charge on any atom is 0.328 e. The molecule has 0 bridgehead atoms. The molecule has 5 atom stereocenters. The van der Waals surface area contributed by atoms with Gasteiger partial charge in [-0.2, -0.15) is 0 Å². The Bertz CT molecular complexity index is 601. The van der Waals surface area contributed by atoms with Crippen molar-refractivity contribution >= 4 is 23.7 Å². The van der Waals surface area contributed by atoms with Gasteiger partial charge in [-0.05, 0) is 31.2 Å². The van der Waals surface area contributed by atoms with Crippen LogP contribution in [0.4, 0.5) is 0 Å². The molecule has 11 heteroatoms. The summed E-state index contributed by atoms with van der Waals surface area (Å²) < 4.78 is 0. The first kappa shape index (κ1) is 28.8. The molecule has 0 aliphatic carbocycles. The molecule has 31 heavy (non-hydrogen) atoms. The molecule has 0 fully saturated rings. The summed E-state index contributed by atoms with van der Waals surface area (Å²) in [6.07, 6.45) is 2.46. The average Bonchev–Trinajstić information content (AvgIpc) is 2.72. The highest BCUT2D eigenvalue weighted by molar-refractivity contribution is 5.94. The lowest BCUT2D eigenvalue weighted by molar-refractivity contribution is -0.143. The molecule has 0 saturated carbocycles. The van der Waals surface area contributed by atoms with Gasteiger partial charge in [0.2, 0.25) is 17.7 Å². The lowest BCUT2D eigenvalue weighted by Gasteiger charge is -2.29. The standard InChI is InChI=1S/C20H39N5O6/c1-5-12(4)16(25-17(27)13(22)8-6-7-9-21)19(29)24-15(11(2)3)18(28)23-14(10-26)20(30)31/h11-16,26H,5-10,21-22H2,1-4H3,(H,23,28)(H,24,29)(H,25,27)(H,30,31). The van der Waals surface area contributed by atoms with Crippen LogP contribution >= 0.6 is 0 Å². The summed E-state index contributed by atoms with van der Waals surface area (Å²) in [6.45, 7) is 6.75. The molecule has 9 N–H and O–H groups in total. The fourth-order valence-electron chi connectivity index (χ4n) is 2.83. The number of carboxylic acid groups (broad SMARTS) is 1. The minimum Gasteiger partial charge on any atom is -0.480 e. The van der Waals surface area contributed by atoms with E-state index in [1.54, 1.807) is 20.8 Å². The summed E-state index contributed by atoms with van der Waals surface area (Å²) in [6, 6.07) is -4.24. The summed E-state index contributed by atoms with van der Waals surface area (Å²) >= 11 is 0. The average molecular weight is 446 g/mol. The number of nitrogens with two attached hydrogens (primary N) is 2. The van der Waals surface area contributed by atoms with Crippen LogP contribution in [-0.2, 0) is 19.2 Å². The zero-order chi connectivity index (χ0) is 24.1. The minimum absolute atomic E-state index is 0.236. The number of carboxylic acids is 1. The second kappa shape index (κ2) is 14.7. The van der Waals surface area contributed by atoms with Gasteiger partial charge in [0, 0.05) is 0 Å². The molecule has 0 aromatic heterocycles. The largest absolute Gasteiger partial charge is 0.480 e. The predicted molar refractivity (Wildman–Crippen MR) is 116 cm³/mol. The number of hydrogen-bond acceptors (Lipinski definition) is 7. The zero-order valence-corrected chi connectivity index (χ0v) is 18.9. The summed E-state index contributed by atoms with van der Waals surface area (Å²) in [4.78, 5) is 49.0. The van der Waals surface area contributed by atoms with Crippen LogP contribution in [0.1, 0.15) is 53.4 Å². The molecule has 5 unspecified atom stereocenters. The number of aliphatic hydroxyl groups is 1. The first-order valence-electron chi connectivity index (χ1n) is 10.7. The summed E-state index contributed by atoms with van der Waals surface area (Å²) in [5.74, 6) is -3.77. The minimum atomic E-state index is -1.48. The molecular weight excluding hydrogens is 406 g/mol. The van der Waals surface area contributed by atoms with E-state index in [1.165, 1.54) is 0 Å². The Morgan fingerprint density at radius 2 is 1.45 bits per heavy atom. The molecule has 0 radical (unpaired) electrons. The van der Waals surface area contributed by atoms with E-state index in [0.29, 0.717) is 25.8 Å². The molecule has 0 rings (SSSR count). The molecule has 0 aliphatic heterocycles. The Morgan fingerprint density at radius 3 is 1.90 bits per heavy atom. The van der Waals surface area contributed by atoms with Gasteiger partial charge < -0.3 is 37.6 Å². The Labute approximate surface area is 183 Å². The van der Waals surface area contributed by atoms with E-state index in [-0.39, 0.29) is 11.8 Å². The molecule has 11 nitrogen and oxygen atoms in total. The quantitative estimate of drug-likeness (QED) is 0.150. The van der Waals surface area contributed by atoms with Crippen molar-refractivity contribution in [2.24, 2.45) is 23.3 Å². The monoisotopic (exact) mass is 445 g/mol. The van der Waals surface area contributed by atoms with Gasteiger partial charge in [-0.15, -0.1) is 0 Å². The second-order valence-electron chi connectivity index (χ2n) is 8.08. The Morgan fingerprint density at radius 1 is 0.903 bits per heavy atom. The lowest BCUT2D eigenvalue weighted by Crippen LogP contribution is -2.60. The molecule has 0 aromatic rings. The van der Waals surface area contributed by atoms with Crippen molar-refractivity contribution in [2.45, 2.75) is 77.5 Å². The zero-order valence-electron chi connectivity index (χ0n) is 18.9. The highest BCUT2D eigenvalue weighted by atomic mass is 16.4. The van der Waals surface area contributed by atoms with E-state index in [1.807, 2.05) is 6.92 Å². The predicted octanol–water partition coefficient (Wildman–Crippen LogP) is -1.32. The van der Waals surface area contributed by atoms with Crippen molar-refractivity contribution in [2.75, 3.05) is 13.2 Å². The SMILES string of the molecule is CCC(C)C(NC(=O)C(N)CCCCN)C(=O)NC(C(=O)NC(CO)C(=O)O)C(C)C. The van der Waals surface area contributed by atoms with E-state index in [2.05, 4.69) is 16.0 Å². The number of rotatable bonds is 15. The third-order valence-corrected chi connectivity index (χ3v) is 5.14. The molecule has 0 saturated heterocycles. The fraction of sp³-hybridized carbons (Fsp3) is 0.800. The third-order valence-electron chi connectivity index (χ3n) is 5.14. The first-order valence-corrected chi connectivity index (χ1v) is 10.7. The molecule has 0 heterocycles. The van der Waals surface area contributed by atoms with Crippen molar-refractivity contribution in [1.82, 2.24) is 16.0 Å². The Balaban J connectivity index is 5.30. The van der Waals surface area contributed by atoms with Crippen LogP contribution in [0.15, 0.2) is 0 Å². The summed E-state index contributed by atoms with van der Waals surface area (Å²) in [5, 5.41) is 25.6. The summed E-state index contributed by atoms with van der Waals surface area (Å²) in [7, 11) is 0. The van der Waals surface area contributed by atoms with Gasteiger partial charge in [-0.1, -0.05) is 40.5 Å². The van der Waals surface area contributed by atoms with Crippen molar-refractivity contribution in [3.05, 3.63) is 0 Å². The number of unbranched alkanes of at least 4 members (excludes halogenated alkanes) is 1. The van der Waals surface area contributed by atoms with E-state index in [0.717, 1.165) is 6.42 Å². The van der Waals surface area contributed by atoms with Gasteiger partial charge in [0.25, 0.3) is 0 Å². The van der Waals surface area contributed by atoms with E-state index in [9.17, 15) is 19.2 Å². The van der Waals surface area contributed by atoms with Gasteiger partial charge in [0.15, 0.2) is 0 Å². The number of carbonyl (C=O) groups excluding carboxylic acids is 3. The van der Waals surface area contributed by atoms with E-state index < -0.39 is 54.5 Å². The van der Waals surface area contributed by atoms with Crippen LogP contribution in [0, 0.1) is 11.8 Å². The van der Waals surface area contributed by atoms with Crippen LogP contribution < -0.4 is 27.4 Å². The first-order chi connectivity index (χ1) is 14.5. The van der Waals surface area contributed by atoms with E-state index in [4.69, 9.17) is 21.7 Å². The second-order valence-corrected chi connectivity index (χ2v) is 8.08. The van der Waals surface area contributed by atoms with Crippen LogP contribution in [-0.4, -0.2) is 71.2 Å². The third kappa shape index (κ3) is 10.1. The van der Waals surface area contributed by atoms with Crippen LogP contribution in [0.3, 0.4) is 0 Å². The number of amides is 3. The molecule has 180 valence electrons. The van der Waals surface area contributed by atoms with Crippen molar-refractivity contribution in [3.63, 3.8) is 0 Å². The van der Waals surface area contributed by atoms with Crippen LogP contribution in [0.25, 0.3) is 0 Å². The maximum absolute atomic E-state index is 12.9. The van der Waals surface area contributed by atoms with E-state index >= 15 is 0 Å². The number of aliphatic hydroxyl groups excluding tert-OH is 1. The van der Waals surface area contributed by atoms with Gasteiger partial charge in [-0.3, -0.25) is 14.4 Å². The highest BCUT2D eigenvalue weighted by Crippen LogP contribution is 2.11. The molecule has 3 amide bonds. The topological polar surface area (TPSA) is 197 Å². The number of aliphatic carboxylic acids is 1. The molecule has 0 aromatic carbocycles.